The number of nitrogens with zero attached hydrogens (tertiary/aromatic N) is 2. The molecule has 0 fully saturated rings. The second kappa shape index (κ2) is 6.30. The van der Waals surface area contributed by atoms with Crippen molar-refractivity contribution in [1.29, 1.82) is 0 Å². The highest BCUT2D eigenvalue weighted by Crippen LogP contribution is 2.34. The third kappa shape index (κ3) is 2.63. The van der Waals surface area contributed by atoms with E-state index < -0.39 is 0 Å². The maximum Gasteiger partial charge on any atom is 0.0802 e. The molecule has 0 atom stereocenters. The van der Waals surface area contributed by atoms with Gasteiger partial charge < -0.3 is 10.7 Å². The summed E-state index contributed by atoms with van der Waals surface area (Å²) in [6.07, 6.45) is 6.56. The number of para-hydroxylation sites is 1. The van der Waals surface area contributed by atoms with Crippen LogP contribution in [0.2, 0.25) is 5.02 Å². The van der Waals surface area contributed by atoms with Crippen LogP contribution in [-0.2, 0) is 6.42 Å². The molecular weight excluding hydrogens is 358 g/mol. The predicted molar refractivity (Wildman–Crippen MR) is 112 cm³/mol. The first-order valence-corrected chi connectivity index (χ1v) is 9.23. The average Bonchev–Trinajstić information content (AvgIpc) is 3.22. The summed E-state index contributed by atoms with van der Waals surface area (Å²) in [5, 5.41) is 4.06. The molecule has 0 radical (unpaired) electrons. The molecule has 5 rings (SSSR count). The van der Waals surface area contributed by atoms with Crippen LogP contribution in [0.5, 0.6) is 0 Å². The van der Waals surface area contributed by atoms with Crippen LogP contribution in [0.15, 0.2) is 61.1 Å². The summed E-state index contributed by atoms with van der Waals surface area (Å²) in [6.45, 7) is 0.616. The number of pyridine rings is 1. The minimum absolute atomic E-state index is 0.616. The van der Waals surface area contributed by atoms with E-state index in [9.17, 15) is 0 Å². The van der Waals surface area contributed by atoms with Crippen molar-refractivity contribution in [3.05, 3.63) is 71.6 Å². The SMILES string of the molecule is NCCc1cn(Nc2cc(Cl)cc3c2[nH]c2cnccc23)c2ccccc12. The number of benzene rings is 2. The van der Waals surface area contributed by atoms with Crippen molar-refractivity contribution in [2.75, 3.05) is 12.0 Å². The molecule has 6 heteroatoms. The summed E-state index contributed by atoms with van der Waals surface area (Å²) >= 11 is 6.43. The highest BCUT2D eigenvalue weighted by Gasteiger charge is 2.12. The zero-order chi connectivity index (χ0) is 18.4. The Balaban J connectivity index is 1.70. The molecule has 0 aliphatic heterocycles. The van der Waals surface area contributed by atoms with Gasteiger partial charge in [-0.3, -0.25) is 15.1 Å². The number of rotatable bonds is 4. The fourth-order valence-corrected chi connectivity index (χ4v) is 3.95. The highest BCUT2D eigenvalue weighted by molar-refractivity contribution is 6.32. The van der Waals surface area contributed by atoms with Gasteiger partial charge in [-0.05, 0) is 42.8 Å². The zero-order valence-corrected chi connectivity index (χ0v) is 15.3. The molecule has 0 saturated heterocycles. The molecule has 134 valence electrons. The number of halogens is 1. The fourth-order valence-electron chi connectivity index (χ4n) is 3.73. The van der Waals surface area contributed by atoms with Crippen LogP contribution in [-0.4, -0.2) is 21.2 Å². The summed E-state index contributed by atoms with van der Waals surface area (Å²) in [4.78, 5) is 7.66. The predicted octanol–water partition coefficient (Wildman–Crippen LogP) is 4.70. The van der Waals surface area contributed by atoms with Gasteiger partial charge in [0.2, 0.25) is 0 Å². The van der Waals surface area contributed by atoms with Crippen LogP contribution >= 0.6 is 11.6 Å². The molecule has 0 aliphatic carbocycles. The fraction of sp³-hybridized carbons (Fsp3) is 0.0952. The lowest BCUT2D eigenvalue weighted by molar-refractivity contribution is 0.949. The van der Waals surface area contributed by atoms with Gasteiger partial charge >= 0.3 is 0 Å². The molecule has 27 heavy (non-hydrogen) atoms. The Morgan fingerprint density at radius 1 is 1.11 bits per heavy atom. The quantitative estimate of drug-likeness (QED) is 0.426. The van der Waals surface area contributed by atoms with Gasteiger partial charge in [-0.1, -0.05) is 29.8 Å². The van der Waals surface area contributed by atoms with Gasteiger partial charge in [0, 0.05) is 33.6 Å². The summed E-state index contributed by atoms with van der Waals surface area (Å²) in [7, 11) is 0. The van der Waals surface area contributed by atoms with E-state index in [1.54, 1.807) is 6.20 Å². The third-order valence-corrected chi connectivity index (χ3v) is 5.14. The minimum Gasteiger partial charge on any atom is -0.352 e. The van der Waals surface area contributed by atoms with Crippen LogP contribution < -0.4 is 11.2 Å². The topological polar surface area (TPSA) is 71.7 Å². The van der Waals surface area contributed by atoms with E-state index in [0.717, 1.165) is 39.4 Å². The average molecular weight is 376 g/mol. The Morgan fingerprint density at radius 2 is 2.00 bits per heavy atom. The molecule has 0 saturated carbocycles. The molecule has 5 aromatic rings. The second-order valence-electron chi connectivity index (χ2n) is 6.61. The third-order valence-electron chi connectivity index (χ3n) is 4.92. The summed E-state index contributed by atoms with van der Waals surface area (Å²) in [5.74, 6) is 0. The van der Waals surface area contributed by atoms with Gasteiger partial charge in [-0.2, -0.15) is 0 Å². The Kier molecular flexibility index (Phi) is 3.77. The number of hydrogen-bond donors (Lipinski definition) is 3. The van der Waals surface area contributed by atoms with E-state index in [4.69, 9.17) is 17.3 Å². The van der Waals surface area contributed by atoms with E-state index in [2.05, 4.69) is 39.8 Å². The summed E-state index contributed by atoms with van der Waals surface area (Å²) in [5.41, 5.74) is 14.5. The first-order valence-electron chi connectivity index (χ1n) is 8.85. The number of fused-ring (bicyclic) bond motifs is 4. The monoisotopic (exact) mass is 375 g/mol. The van der Waals surface area contributed by atoms with Gasteiger partial charge in [0.05, 0.1) is 28.4 Å². The number of hydrogen-bond acceptors (Lipinski definition) is 3. The van der Waals surface area contributed by atoms with Gasteiger partial charge in [-0.25, -0.2) is 0 Å². The molecule has 2 aromatic carbocycles. The first kappa shape index (κ1) is 16.2. The molecule has 3 heterocycles. The van der Waals surface area contributed by atoms with E-state index in [-0.39, 0.29) is 0 Å². The van der Waals surface area contributed by atoms with Gasteiger partial charge in [0.15, 0.2) is 0 Å². The highest BCUT2D eigenvalue weighted by atomic mass is 35.5. The Bertz CT molecular complexity index is 1280. The number of anilines is 1. The van der Waals surface area contributed by atoms with Crippen LogP contribution in [0.4, 0.5) is 5.69 Å². The number of nitrogens with two attached hydrogens (primary N) is 1. The van der Waals surface area contributed by atoms with Crippen LogP contribution in [0.3, 0.4) is 0 Å². The normalized spacial score (nSPS) is 11.6. The van der Waals surface area contributed by atoms with E-state index in [1.807, 2.05) is 35.1 Å². The lowest BCUT2D eigenvalue weighted by atomic mass is 10.1. The molecule has 4 N–H and O–H groups in total. The number of aromatic amines is 1. The maximum atomic E-state index is 6.43. The Hall–Kier alpha value is -3.02. The molecule has 0 aliphatic rings. The number of aromatic nitrogens is 3. The lowest BCUT2D eigenvalue weighted by Gasteiger charge is -2.11. The van der Waals surface area contributed by atoms with Gasteiger partial charge in [0.25, 0.3) is 0 Å². The molecule has 0 bridgehead atoms. The Morgan fingerprint density at radius 3 is 2.89 bits per heavy atom. The smallest absolute Gasteiger partial charge is 0.0802 e. The van der Waals surface area contributed by atoms with E-state index in [1.165, 1.54) is 10.9 Å². The molecule has 0 spiro atoms. The van der Waals surface area contributed by atoms with Crippen molar-refractivity contribution >= 4 is 50.0 Å². The Labute approximate surface area is 160 Å². The van der Waals surface area contributed by atoms with Crippen molar-refractivity contribution in [3.8, 4) is 0 Å². The van der Waals surface area contributed by atoms with Crippen molar-refractivity contribution in [2.45, 2.75) is 6.42 Å². The van der Waals surface area contributed by atoms with E-state index in [0.29, 0.717) is 11.6 Å². The summed E-state index contributed by atoms with van der Waals surface area (Å²) < 4.78 is 2.04. The zero-order valence-electron chi connectivity index (χ0n) is 14.5. The van der Waals surface area contributed by atoms with Crippen molar-refractivity contribution in [3.63, 3.8) is 0 Å². The number of H-pyrrole nitrogens is 1. The van der Waals surface area contributed by atoms with Crippen molar-refractivity contribution < 1.29 is 0 Å². The molecular formula is C21H18ClN5. The molecule has 5 nitrogen and oxygen atoms in total. The number of nitrogens with one attached hydrogen (secondary N) is 2. The standard InChI is InChI=1S/C21H18ClN5/c22-14-9-17-16-6-8-24-11-19(16)25-21(17)18(10-14)26-27-12-13(5-7-23)15-3-1-2-4-20(15)27/h1-4,6,8-12,25-26H,5,7,23H2. The van der Waals surface area contributed by atoms with Gasteiger partial charge in [0.1, 0.15) is 0 Å². The van der Waals surface area contributed by atoms with Gasteiger partial charge in [-0.15, -0.1) is 0 Å². The first-order chi connectivity index (χ1) is 13.2. The maximum absolute atomic E-state index is 6.43. The minimum atomic E-state index is 0.616. The van der Waals surface area contributed by atoms with Crippen LogP contribution in [0.25, 0.3) is 32.7 Å². The van der Waals surface area contributed by atoms with Crippen molar-refractivity contribution in [1.82, 2.24) is 14.6 Å². The van der Waals surface area contributed by atoms with Crippen LogP contribution in [0.1, 0.15) is 5.56 Å². The van der Waals surface area contributed by atoms with Crippen LogP contribution in [0, 0.1) is 0 Å². The van der Waals surface area contributed by atoms with Crippen molar-refractivity contribution in [2.24, 2.45) is 5.73 Å². The second-order valence-corrected chi connectivity index (χ2v) is 7.05. The summed E-state index contributed by atoms with van der Waals surface area (Å²) in [6, 6.07) is 14.2. The molecule has 0 amide bonds. The lowest BCUT2D eigenvalue weighted by Crippen LogP contribution is -2.08. The largest absolute Gasteiger partial charge is 0.352 e. The molecule has 3 aromatic heterocycles. The molecule has 0 unspecified atom stereocenters. The van der Waals surface area contributed by atoms with E-state index >= 15 is 0 Å².